The Morgan fingerprint density at radius 1 is 1.18 bits per heavy atom. The molecule has 0 aliphatic carbocycles. The first-order chi connectivity index (χ1) is 13.7. The van der Waals surface area contributed by atoms with E-state index in [1.54, 1.807) is 24.3 Å². The summed E-state index contributed by atoms with van der Waals surface area (Å²) < 4.78 is 11.5. The predicted molar refractivity (Wildman–Crippen MR) is 105 cm³/mol. The monoisotopic (exact) mass is 377 g/mol. The van der Waals surface area contributed by atoms with Gasteiger partial charge in [-0.3, -0.25) is 0 Å². The first-order valence-corrected chi connectivity index (χ1v) is 9.60. The molecule has 0 radical (unpaired) electrons. The second-order valence-electron chi connectivity index (χ2n) is 7.20. The smallest absolute Gasteiger partial charge is 0.198 e. The Kier molecular flexibility index (Phi) is 5.56. The molecule has 1 aliphatic rings. The summed E-state index contributed by atoms with van der Waals surface area (Å²) in [6, 6.07) is 16.8. The van der Waals surface area contributed by atoms with Gasteiger partial charge in [-0.05, 0) is 62.3 Å². The number of ether oxygens (including phenoxy) is 1. The number of nitrogens with zero attached hydrogens (tertiary/aromatic N) is 3. The molecule has 2 aromatic carbocycles. The fraction of sp³-hybridized carbons (Fsp3) is 0.364. The largest absolute Gasteiger partial charge is 0.491 e. The maximum Gasteiger partial charge on any atom is 0.198 e. The molecule has 1 atom stereocenters. The quantitative estimate of drug-likeness (QED) is 0.710. The molecule has 1 unspecified atom stereocenters. The van der Waals surface area contributed by atoms with Crippen LogP contribution in [0, 0.1) is 11.3 Å². The molecule has 0 saturated carbocycles. The SMILES string of the molecule is N#Cc1ccc(OCC(O)CN2CCC(c3nc4ccccc4o3)CC2)cc1. The molecule has 1 saturated heterocycles. The fourth-order valence-electron chi connectivity index (χ4n) is 3.60. The van der Waals surface area contributed by atoms with Gasteiger partial charge in [0.2, 0.25) is 0 Å². The normalized spacial score (nSPS) is 16.7. The molecule has 2 heterocycles. The average Bonchev–Trinajstić information content (AvgIpc) is 3.17. The van der Waals surface area contributed by atoms with Crippen LogP contribution in [0.1, 0.15) is 30.2 Å². The number of oxazole rings is 1. The number of benzene rings is 2. The van der Waals surface area contributed by atoms with Gasteiger partial charge in [-0.1, -0.05) is 12.1 Å². The molecule has 1 N–H and O–H groups in total. The first kappa shape index (κ1) is 18.5. The molecule has 6 nitrogen and oxygen atoms in total. The highest BCUT2D eigenvalue weighted by Crippen LogP contribution is 2.29. The number of para-hydroxylation sites is 2. The van der Waals surface area contributed by atoms with E-state index < -0.39 is 6.10 Å². The van der Waals surface area contributed by atoms with Crippen molar-refractivity contribution in [3.8, 4) is 11.8 Å². The van der Waals surface area contributed by atoms with E-state index in [-0.39, 0.29) is 6.61 Å². The lowest BCUT2D eigenvalue weighted by Gasteiger charge is -2.31. The van der Waals surface area contributed by atoms with E-state index in [9.17, 15) is 5.11 Å². The van der Waals surface area contributed by atoms with Crippen molar-refractivity contribution in [1.29, 1.82) is 5.26 Å². The average molecular weight is 377 g/mol. The Bertz CT molecular complexity index is 920. The van der Waals surface area contributed by atoms with Gasteiger partial charge in [0.15, 0.2) is 11.5 Å². The van der Waals surface area contributed by atoms with Crippen LogP contribution in [0.4, 0.5) is 0 Å². The first-order valence-electron chi connectivity index (χ1n) is 9.60. The van der Waals surface area contributed by atoms with E-state index in [4.69, 9.17) is 14.4 Å². The van der Waals surface area contributed by atoms with Crippen LogP contribution in [0.2, 0.25) is 0 Å². The van der Waals surface area contributed by atoms with E-state index in [1.807, 2.05) is 24.3 Å². The third-order valence-electron chi connectivity index (χ3n) is 5.14. The lowest BCUT2D eigenvalue weighted by Crippen LogP contribution is -2.40. The Morgan fingerprint density at radius 2 is 1.93 bits per heavy atom. The van der Waals surface area contributed by atoms with Crippen molar-refractivity contribution in [2.45, 2.75) is 24.9 Å². The lowest BCUT2D eigenvalue weighted by molar-refractivity contribution is 0.0583. The Hall–Kier alpha value is -2.88. The number of aromatic nitrogens is 1. The number of piperidine rings is 1. The zero-order valence-electron chi connectivity index (χ0n) is 15.6. The van der Waals surface area contributed by atoms with Crippen LogP contribution in [0.25, 0.3) is 11.1 Å². The molecule has 0 bridgehead atoms. The lowest BCUT2D eigenvalue weighted by atomic mass is 9.96. The summed E-state index contributed by atoms with van der Waals surface area (Å²) in [5.41, 5.74) is 2.35. The van der Waals surface area contributed by atoms with E-state index in [2.05, 4.69) is 16.0 Å². The minimum absolute atomic E-state index is 0.233. The molecule has 4 rings (SSSR count). The number of aliphatic hydroxyl groups excluding tert-OH is 1. The minimum Gasteiger partial charge on any atom is -0.491 e. The third kappa shape index (κ3) is 4.33. The number of hydrogen-bond acceptors (Lipinski definition) is 6. The third-order valence-corrected chi connectivity index (χ3v) is 5.14. The summed E-state index contributed by atoms with van der Waals surface area (Å²) in [6.45, 7) is 2.61. The van der Waals surface area contributed by atoms with E-state index >= 15 is 0 Å². The molecular formula is C22H23N3O3. The molecule has 144 valence electrons. The number of nitriles is 1. The van der Waals surface area contributed by atoms with Gasteiger partial charge in [-0.25, -0.2) is 4.98 Å². The predicted octanol–water partition coefficient (Wildman–Crippen LogP) is 3.32. The van der Waals surface area contributed by atoms with Crippen LogP contribution in [-0.2, 0) is 0 Å². The Balaban J connectivity index is 1.24. The number of fused-ring (bicyclic) bond motifs is 1. The van der Waals surface area contributed by atoms with E-state index in [1.165, 1.54) is 0 Å². The molecule has 1 aromatic heterocycles. The van der Waals surface area contributed by atoms with Crippen LogP contribution >= 0.6 is 0 Å². The summed E-state index contributed by atoms with van der Waals surface area (Å²) >= 11 is 0. The standard InChI is InChI=1S/C22H23N3O3/c23-13-16-5-7-19(8-6-16)27-15-18(26)14-25-11-9-17(10-12-25)22-24-20-3-1-2-4-21(20)28-22/h1-8,17-18,26H,9-12,14-15H2. The van der Waals surface area contributed by atoms with Crippen LogP contribution in [0.5, 0.6) is 5.75 Å². The number of hydrogen-bond donors (Lipinski definition) is 1. The van der Waals surface area contributed by atoms with Gasteiger partial charge in [0.25, 0.3) is 0 Å². The summed E-state index contributed by atoms with van der Waals surface area (Å²) in [5.74, 6) is 1.81. The molecule has 3 aromatic rings. The van der Waals surface area contributed by atoms with Gasteiger partial charge < -0.3 is 19.2 Å². The molecule has 28 heavy (non-hydrogen) atoms. The van der Waals surface area contributed by atoms with Gasteiger partial charge in [-0.15, -0.1) is 0 Å². The molecule has 6 heteroatoms. The van der Waals surface area contributed by atoms with Crippen molar-refractivity contribution in [3.05, 3.63) is 60.0 Å². The van der Waals surface area contributed by atoms with Crippen LogP contribution in [0.3, 0.4) is 0 Å². The van der Waals surface area contributed by atoms with Crippen molar-refractivity contribution in [2.24, 2.45) is 0 Å². The molecule has 1 aliphatic heterocycles. The molecule has 0 spiro atoms. The van der Waals surface area contributed by atoms with Gasteiger partial charge >= 0.3 is 0 Å². The van der Waals surface area contributed by atoms with Crippen molar-refractivity contribution < 1.29 is 14.3 Å². The Labute approximate surface area is 164 Å². The number of aliphatic hydroxyl groups is 1. The highest BCUT2D eigenvalue weighted by molar-refractivity contribution is 5.72. The fourth-order valence-corrected chi connectivity index (χ4v) is 3.60. The highest BCUT2D eigenvalue weighted by atomic mass is 16.5. The number of likely N-dealkylation sites (tertiary alicyclic amines) is 1. The van der Waals surface area contributed by atoms with Crippen molar-refractivity contribution >= 4 is 11.1 Å². The number of rotatable bonds is 6. The van der Waals surface area contributed by atoms with Gasteiger partial charge in [0, 0.05) is 12.5 Å². The van der Waals surface area contributed by atoms with Crippen molar-refractivity contribution in [3.63, 3.8) is 0 Å². The summed E-state index contributed by atoms with van der Waals surface area (Å²) in [7, 11) is 0. The molecule has 1 fully saturated rings. The van der Waals surface area contributed by atoms with E-state index in [0.717, 1.165) is 42.9 Å². The summed E-state index contributed by atoms with van der Waals surface area (Å²) in [5, 5.41) is 19.1. The topological polar surface area (TPSA) is 82.5 Å². The van der Waals surface area contributed by atoms with E-state index in [0.29, 0.717) is 23.8 Å². The molecular weight excluding hydrogens is 354 g/mol. The van der Waals surface area contributed by atoms with Crippen molar-refractivity contribution in [1.82, 2.24) is 9.88 Å². The van der Waals surface area contributed by atoms with Gasteiger partial charge in [-0.2, -0.15) is 5.26 Å². The van der Waals surface area contributed by atoms with Crippen LogP contribution in [0.15, 0.2) is 52.9 Å². The molecule has 0 amide bonds. The Morgan fingerprint density at radius 3 is 2.64 bits per heavy atom. The summed E-state index contributed by atoms with van der Waals surface area (Å²) in [6.07, 6.45) is 1.38. The second-order valence-corrected chi connectivity index (χ2v) is 7.20. The summed E-state index contributed by atoms with van der Waals surface area (Å²) in [4.78, 5) is 6.88. The van der Waals surface area contributed by atoms with Crippen LogP contribution < -0.4 is 4.74 Å². The second kappa shape index (κ2) is 8.42. The highest BCUT2D eigenvalue weighted by Gasteiger charge is 2.25. The minimum atomic E-state index is -0.559. The van der Waals surface area contributed by atoms with Crippen molar-refractivity contribution in [2.75, 3.05) is 26.2 Å². The maximum absolute atomic E-state index is 10.3. The zero-order valence-corrected chi connectivity index (χ0v) is 15.6. The maximum atomic E-state index is 10.3. The van der Waals surface area contributed by atoms with Gasteiger partial charge in [0.05, 0.1) is 11.6 Å². The van der Waals surface area contributed by atoms with Gasteiger partial charge in [0.1, 0.15) is 24.0 Å². The van der Waals surface area contributed by atoms with Crippen LogP contribution in [-0.4, -0.2) is 47.3 Å². The number of β-amino-alcohol motifs (C(OH)–C–C–N with tert-alkyl or cyclic N) is 1. The zero-order chi connectivity index (χ0) is 19.3.